The molecule has 5 rings (SSSR count). The highest BCUT2D eigenvalue weighted by molar-refractivity contribution is 9.10. The van der Waals surface area contributed by atoms with Gasteiger partial charge < -0.3 is 10.2 Å². The van der Waals surface area contributed by atoms with Gasteiger partial charge in [-0.3, -0.25) is 4.79 Å². The van der Waals surface area contributed by atoms with Gasteiger partial charge in [0.05, 0.1) is 17.9 Å². The summed E-state index contributed by atoms with van der Waals surface area (Å²) in [6.45, 7) is 2.45. The summed E-state index contributed by atoms with van der Waals surface area (Å²) in [6, 6.07) is 23.5. The van der Waals surface area contributed by atoms with E-state index in [1.165, 1.54) is 5.06 Å². The van der Waals surface area contributed by atoms with E-state index in [2.05, 4.69) is 21.2 Å². The van der Waals surface area contributed by atoms with Crippen molar-refractivity contribution in [3.63, 3.8) is 0 Å². The van der Waals surface area contributed by atoms with Crippen molar-refractivity contribution in [1.82, 2.24) is 5.32 Å². The van der Waals surface area contributed by atoms with Crippen LogP contribution in [0.5, 0.6) is 0 Å². The van der Waals surface area contributed by atoms with Gasteiger partial charge in [0.2, 0.25) is 5.11 Å². The Bertz CT molecular complexity index is 1150. The lowest BCUT2D eigenvalue weighted by atomic mass is 10.0. The van der Waals surface area contributed by atoms with Gasteiger partial charge in [-0.1, -0.05) is 57.9 Å². The molecule has 0 saturated carbocycles. The van der Waals surface area contributed by atoms with E-state index in [9.17, 15) is 4.79 Å². The van der Waals surface area contributed by atoms with Crippen molar-refractivity contribution in [3.8, 4) is 0 Å². The van der Waals surface area contributed by atoms with E-state index in [1.807, 2.05) is 79.7 Å². The van der Waals surface area contributed by atoms with Crippen molar-refractivity contribution in [1.29, 1.82) is 0 Å². The Morgan fingerprint density at radius 2 is 1.80 bits per heavy atom. The number of hydroxylamine groups is 1. The molecule has 1 unspecified atom stereocenters. The Kier molecular flexibility index (Phi) is 4.61. The zero-order valence-electron chi connectivity index (χ0n) is 16.1. The largest absolute Gasteiger partial charge is 0.319 e. The number of fused-ring (bicyclic) bond motifs is 2. The lowest BCUT2D eigenvalue weighted by molar-refractivity contribution is -0.141. The molecule has 0 aliphatic carbocycles. The number of halogens is 1. The fraction of sp³-hybridized carbons (Fsp3) is 0.130. The topological polar surface area (TPSA) is 44.8 Å². The van der Waals surface area contributed by atoms with Gasteiger partial charge >= 0.3 is 0 Å². The average molecular weight is 480 g/mol. The SMILES string of the molecule is Cc1ccc2c(c1)C1(NC(=S)N(c3ccc(Br)cc3)O1)C(=O)N2Cc1ccccc1. The lowest BCUT2D eigenvalue weighted by Crippen LogP contribution is -2.48. The van der Waals surface area contributed by atoms with E-state index in [1.54, 1.807) is 4.90 Å². The second-order valence-corrected chi connectivity index (χ2v) is 8.67. The van der Waals surface area contributed by atoms with Crippen LogP contribution in [0.3, 0.4) is 0 Å². The smallest absolute Gasteiger partial charge is 0.288 e. The number of carbonyl (C=O) groups is 1. The number of hydrogen-bond donors (Lipinski definition) is 1. The quantitative estimate of drug-likeness (QED) is 0.547. The molecule has 2 heterocycles. The number of nitrogens with zero attached hydrogens (tertiary/aromatic N) is 2. The van der Waals surface area contributed by atoms with Crippen LogP contribution in [0.1, 0.15) is 16.7 Å². The van der Waals surface area contributed by atoms with Gasteiger partial charge in [0.15, 0.2) is 0 Å². The molecule has 0 bridgehead atoms. The lowest BCUT2D eigenvalue weighted by Gasteiger charge is -2.23. The predicted octanol–water partition coefficient (Wildman–Crippen LogP) is 4.78. The first-order chi connectivity index (χ1) is 14.5. The third-order valence-electron chi connectivity index (χ3n) is 5.31. The second kappa shape index (κ2) is 7.19. The zero-order chi connectivity index (χ0) is 20.9. The van der Waals surface area contributed by atoms with Gasteiger partial charge in [0.1, 0.15) is 0 Å². The van der Waals surface area contributed by atoms with Crippen molar-refractivity contribution in [3.05, 3.63) is 94.0 Å². The molecule has 1 atom stereocenters. The van der Waals surface area contributed by atoms with E-state index in [4.69, 9.17) is 17.1 Å². The van der Waals surface area contributed by atoms with Crippen LogP contribution in [0, 0.1) is 6.92 Å². The molecule has 3 aromatic carbocycles. The number of carbonyl (C=O) groups excluding carboxylic acids is 1. The molecule has 0 aromatic heterocycles. The molecule has 2 aliphatic heterocycles. The van der Waals surface area contributed by atoms with Crippen LogP contribution < -0.4 is 15.3 Å². The molecule has 3 aromatic rings. The van der Waals surface area contributed by atoms with Crippen molar-refractivity contribution in [2.75, 3.05) is 9.96 Å². The molecule has 1 saturated heterocycles. The van der Waals surface area contributed by atoms with Crippen molar-refractivity contribution in [2.45, 2.75) is 19.2 Å². The fourth-order valence-electron chi connectivity index (χ4n) is 3.86. The summed E-state index contributed by atoms with van der Waals surface area (Å²) in [5.74, 6) is -0.186. The molecule has 0 radical (unpaired) electrons. The second-order valence-electron chi connectivity index (χ2n) is 7.37. The van der Waals surface area contributed by atoms with Crippen LogP contribution in [0.25, 0.3) is 0 Å². The summed E-state index contributed by atoms with van der Waals surface area (Å²) in [5, 5.41) is 5.03. The first-order valence-electron chi connectivity index (χ1n) is 9.52. The molecule has 1 spiro atoms. The highest BCUT2D eigenvalue weighted by Crippen LogP contribution is 2.46. The Hall–Kier alpha value is -2.74. The molecule has 30 heavy (non-hydrogen) atoms. The summed E-state index contributed by atoms with van der Waals surface area (Å²) in [7, 11) is 0. The third kappa shape index (κ3) is 3.01. The molecule has 2 aliphatic rings. The monoisotopic (exact) mass is 479 g/mol. The van der Waals surface area contributed by atoms with Crippen LogP contribution in [-0.2, 0) is 21.9 Å². The highest BCUT2D eigenvalue weighted by atomic mass is 79.9. The first-order valence-corrected chi connectivity index (χ1v) is 10.7. The standard InChI is InChI=1S/C23H18BrN3O2S/c1-15-7-12-20-19(13-15)23(21(28)26(20)14-16-5-3-2-4-6-16)25-22(30)27(29-23)18-10-8-17(24)9-11-18/h2-13H,14H2,1H3,(H,25,30). The molecule has 1 amide bonds. The van der Waals surface area contributed by atoms with Crippen molar-refractivity contribution in [2.24, 2.45) is 0 Å². The Morgan fingerprint density at radius 1 is 1.07 bits per heavy atom. The number of hydrogen-bond acceptors (Lipinski definition) is 3. The Morgan fingerprint density at radius 3 is 2.53 bits per heavy atom. The number of amides is 1. The molecular weight excluding hydrogens is 462 g/mol. The predicted molar refractivity (Wildman–Crippen MR) is 124 cm³/mol. The van der Waals surface area contributed by atoms with Crippen LogP contribution in [0.15, 0.2) is 77.3 Å². The maximum absolute atomic E-state index is 13.7. The average Bonchev–Trinajstić information content (AvgIpc) is 3.20. The maximum atomic E-state index is 13.7. The minimum atomic E-state index is -1.37. The van der Waals surface area contributed by atoms with Crippen LogP contribution in [0.2, 0.25) is 0 Å². The number of aryl methyl sites for hydroxylation is 1. The number of nitrogens with one attached hydrogen (secondary N) is 1. The summed E-state index contributed by atoms with van der Waals surface area (Å²) in [4.78, 5) is 21.8. The van der Waals surface area contributed by atoms with Crippen molar-refractivity contribution < 1.29 is 9.63 Å². The minimum Gasteiger partial charge on any atom is -0.319 e. The van der Waals surface area contributed by atoms with Gasteiger partial charge in [-0.25, -0.2) is 4.84 Å². The molecular formula is C23H18BrN3O2S. The summed E-state index contributed by atoms with van der Waals surface area (Å²) >= 11 is 8.99. The Labute approximate surface area is 188 Å². The van der Waals surface area contributed by atoms with E-state index < -0.39 is 5.72 Å². The normalized spacial score (nSPS) is 20.1. The minimum absolute atomic E-state index is 0.186. The van der Waals surface area contributed by atoms with Crippen molar-refractivity contribution >= 4 is 50.5 Å². The van der Waals surface area contributed by atoms with Gasteiger partial charge in [0, 0.05) is 10.0 Å². The summed E-state index contributed by atoms with van der Waals surface area (Å²) in [6.07, 6.45) is 0. The maximum Gasteiger partial charge on any atom is 0.288 e. The molecule has 7 heteroatoms. The number of benzene rings is 3. The van der Waals surface area contributed by atoms with Crippen LogP contribution in [-0.4, -0.2) is 11.0 Å². The molecule has 5 nitrogen and oxygen atoms in total. The zero-order valence-corrected chi connectivity index (χ0v) is 18.5. The van der Waals surface area contributed by atoms with Gasteiger partial charge in [-0.15, -0.1) is 0 Å². The summed E-state index contributed by atoms with van der Waals surface area (Å²) < 4.78 is 0.950. The Balaban J connectivity index is 1.57. The van der Waals surface area contributed by atoms with Crippen LogP contribution in [0.4, 0.5) is 11.4 Å². The third-order valence-corrected chi connectivity index (χ3v) is 6.11. The number of rotatable bonds is 3. The molecule has 150 valence electrons. The number of anilines is 2. The van der Waals surface area contributed by atoms with E-state index in [0.717, 1.165) is 32.5 Å². The van der Waals surface area contributed by atoms with Gasteiger partial charge in [-0.05, 0) is 61.1 Å². The van der Waals surface area contributed by atoms with Crippen LogP contribution >= 0.6 is 28.1 Å². The van der Waals surface area contributed by atoms with E-state index in [0.29, 0.717) is 11.7 Å². The highest BCUT2D eigenvalue weighted by Gasteiger charge is 2.58. The fourth-order valence-corrected chi connectivity index (χ4v) is 4.41. The van der Waals surface area contributed by atoms with E-state index in [-0.39, 0.29) is 5.91 Å². The molecule has 1 fully saturated rings. The summed E-state index contributed by atoms with van der Waals surface area (Å²) in [5.41, 5.74) is 3.05. The van der Waals surface area contributed by atoms with E-state index >= 15 is 0 Å². The van der Waals surface area contributed by atoms with Gasteiger partial charge in [-0.2, -0.15) is 5.06 Å². The number of thiocarbonyl (C=S) groups is 1. The first kappa shape index (κ1) is 19.2. The van der Waals surface area contributed by atoms with Gasteiger partial charge in [0.25, 0.3) is 11.6 Å². The molecule has 1 N–H and O–H groups in total.